The summed E-state index contributed by atoms with van der Waals surface area (Å²) >= 11 is 0. The molecule has 0 saturated heterocycles. The molecular formula is C14H13Cl2Hf-. The zero-order valence-corrected chi connectivity index (χ0v) is 14.7. The molecular weight excluding hydrogens is 418 g/mol. The van der Waals surface area contributed by atoms with E-state index in [1.807, 2.05) is 0 Å². The van der Waals surface area contributed by atoms with Crippen LogP contribution in [0.1, 0.15) is 5.56 Å². The molecule has 0 atom stereocenters. The summed E-state index contributed by atoms with van der Waals surface area (Å²) in [6.07, 6.45) is 0. The van der Waals surface area contributed by atoms with Gasteiger partial charge in [-0.15, -0.1) is 65.8 Å². The van der Waals surface area contributed by atoms with Gasteiger partial charge in [-0.2, -0.15) is 0 Å². The van der Waals surface area contributed by atoms with Crippen LogP contribution in [0.4, 0.5) is 0 Å². The van der Waals surface area contributed by atoms with E-state index in [0.29, 0.717) is 0 Å². The molecule has 0 aliphatic heterocycles. The van der Waals surface area contributed by atoms with Crippen LogP contribution < -0.4 is 0 Å². The normalized spacial score (nSPS) is 9.24. The number of aryl methyl sites for hydroxylation is 1. The molecule has 2 aliphatic carbocycles. The van der Waals surface area contributed by atoms with Crippen LogP contribution in [-0.2, 0) is 25.8 Å². The Morgan fingerprint density at radius 3 is 2.41 bits per heavy atom. The molecule has 0 aromatic heterocycles. The second-order valence-electron chi connectivity index (χ2n) is 3.77. The smallest absolute Gasteiger partial charge is 0 e. The molecule has 0 spiro atoms. The van der Waals surface area contributed by atoms with E-state index in [1.54, 1.807) is 0 Å². The maximum Gasteiger partial charge on any atom is 0 e. The van der Waals surface area contributed by atoms with Gasteiger partial charge in [0, 0.05) is 25.8 Å². The predicted octanol–water partition coefficient (Wildman–Crippen LogP) is 4.81. The molecule has 0 amide bonds. The Bertz CT molecular complexity index is 572. The van der Waals surface area contributed by atoms with Crippen LogP contribution >= 0.6 is 24.8 Å². The Kier molecular flexibility index (Phi) is 6.53. The standard InChI is InChI=1S/C14H11.2ClH.Hf/c1-10-5-4-8-13-12-7-3-2-6-11(12)9-14(10)13;;;/h2-9H,1H3;2*1H;/q-1;;;. The van der Waals surface area contributed by atoms with Crippen LogP contribution in [0.15, 0.2) is 48.5 Å². The monoisotopic (exact) mass is 431 g/mol. The third-order valence-electron chi connectivity index (χ3n) is 2.87. The third-order valence-corrected chi connectivity index (χ3v) is 2.87. The molecule has 0 N–H and O–H groups in total. The van der Waals surface area contributed by atoms with Crippen molar-refractivity contribution in [2.75, 3.05) is 0 Å². The maximum atomic E-state index is 2.28. The minimum absolute atomic E-state index is 0. The molecule has 0 bridgehead atoms. The first-order valence-electron chi connectivity index (χ1n) is 4.90. The quantitative estimate of drug-likeness (QED) is 0.355. The van der Waals surface area contributed by atoms with Gasteiger partial charge in [-0.25, -0.2) is 0 Å². The van der Waals surface area contributed by atoms with E-state index in [9.17, 15) is 0 Å². The van der Waals surface area contributed by atoms with Crippen molar-refractivity contribution >= 4 is 35.6 Å². The van der Waals surface area contributed by atoms with Crippen molar-refractivity contribution < 1.29 is 25.8 Å². The number of halogens is 2. The van der Waals surface area contributed by atoms with Crippen LogP contribution in [0.5, 0.6) is 0 Å². The summed E-state index contributed by atoms with van der Waals surface area (Å²) in [5.74, 6) is 0. The minimum atomic E-state index is 0. The molecule has 1 aromatic rings. The number of benzene rings is 2. The Hall–Kier alpha value is -0.240. The Morgan fingerprint density at radius 1 is 0.941 bits per heavy atom. The molecule has 0 radical (unpaired) electrons. The van der Waals surface area contributed by atoms with Crippen molar-refractivity contribution in [1.82, 2.24) is 0 Å². The molecule has 0 heterocycles. The zero-order valence-electron chi connectivity index (χ0n) is 9.44. The van der Waals surface area contributed by atoms with E-state index in [2.05, 4.69) is 55.5 Å². The molecule has 0 fully saturated rings. The van der Waals surface area contributed by atoms with E-state index in [1.165, 1.54) is 27.5 Å². The molecule has 0 saturated carbocycles. The minimum Gasteiger partial charge on any atom is -0.147 e. The molecule has 2 aliphatic rings. The van der Waals surface area contributed by atoms with Gasteiger partial charge in [-0.3, -0.25) is 0 Å². The summed E-state index contributed by atoms with van der Waals surface area (Å²) in [4.78, 5) is 0. The topological polar surface area (TPSA) is 0 Å². The van der Waals surface area contributed by atoms with Crippen molar-refractivity contribution in [3.8, 4) is 11.1 Å². The van der Waals surface area contributed by atoms with Gasteiger partial charge in [-0.1, -0.05) is 42.0 Å². The second-order valence-corrected chi connectivity index (χ2v) is 3.77. The first-order chi connectivity index (χ1) is 6.86. The van der Waals surface area contributed by atoms with Gasteiger partial charge in [-0.05, 0) is 0 Å². The molecule has 88 valence electrons. The Labute approximate surface area is 133 Å². The summed E-state index contributed by atoms with van der Waals surface area (Å²) in [5, 5.41) is 2.71. The van der Waals surface area contributed by atoms with E-state index in [-0.39, 0.29) is 50.7 Å². The number of rotatable bonds is 0. The summed E-state index contributed by atoms with van der Waals surface area (Å²) in [5.41, 5.74) is 4.12. The SMILES string of the molecule is C[c-]1cccc2c3ccccc3cc1-2.Cl.Cl.[Hf]. The van der Waals surface area contributed by atoms with E-state index < -0.39 is 0 Å². The van der Waals surface area contributed by atoms with Crippen molar-refractivity contribution in [3.63, 3.8) is 0 Å². The first kappa shape index (κ1) is 16.8. The zero-order chi connectivity index (χ0) is 9.54. The van der Waals surface area contributed by atoms with Crippen LogP contribution in [0.25, 0.3) is 21.9 Å². The second kappa shape index (κ2) is 6.63. The fourth-order valence-electron chi connectivity index (χ4n) is 2.13. The fourth-order valence-corrected chi connectivity index (χ4v) is 2.13. The largest absolute Gasteiger partial charge is 0.147 e. The molecule has 1 aromatic carbocycles. The van der Waals surface area contributed by atoms with Crippen molar-refractivity contribution in [3.05, 3.63) is 54.1 Å². The van der Waals surface area contributed by atoms with Gasteiger partial charge in [0.05, 0.1) is 0 Å². The molecule has 0 nitrogen and oxygen atoms in total. The van der Waals surface area contributed by atoms with Crippen molar-refractivity contribution in [2.24, 2.45) is 0 Å². The van der Waals surface area contributed by atoms with Crippen LogP contribution in [-0.4, -0.2) is 0 Å². The van der Waals surface area contributed by atoms with Gasteiger partial charge in [0.2, 0.25) is 0 Å². The van der Waals surface area contributed by atoms with Crippen LogP contribution in [0.2, 0.25) is 0 Å². The van der Waals surface area contributed by atoms with Crippen molar-refractivity contribution in [1.29, 1.82) is 0 Å². The van der Waals surface area contributed by atoms with Crippen LogP contribution in [0, 0.1) is 6.92 Å². The number of hydrogen-bond acceptors (Lipinski definition) is 0. The van der Waals surface area contributed by atoms with Gasteiger partial charge >= 0.3 is 0 Å². The Morgan fingerprint density at radius 2 is 1.65 bits per heavy atom. The van der Waals surface area contributed by atoms with Crippen molar-refractivity contribution in [2.45, 2.75) is 6.92 Å². The maximum absolute atomic E-state index is 2.28. The van der Waals surface area contributed by atoms with Gasteiger partial charge < -0.3 is 0 Å². The van der Waals surface area contributed by atoms with Gasteiger partial charge in [0.1, 0.15) is 0 Å². The molecule has 3 rings (SSSR count). The molecule has 17 heavy (non-hydrogen) atoms. The predicted molar refractivity (Wildman–Crippen MR) is 75.4 cm³/mol. The fraction of sp³-hybridized carbons (Fsp3) is 0.0714. The van der Waals surface area contributed by atoms with Gasteiger partial charge in [0.25, 0.3) is 0 Å². The summed E-state index contributed by atoms with van der Waals surface area (Å²) in [6, 6.07) is 17.3. The van der Waals surface area contributed by atoms with E-state index >= 15 is 0 Å². The van der Waals surface area contributed by atoms with Crippen LogP contribution in [0.3, 0.4) is 0 Å². The summed E-state index contributed by atoms with van der Waals surface area (Å²) in [6.45, 7) is 2.17. The molecule has 3 heteroatoms. The van der Waals surface area contributed by atoms with E-state index in [0.717, 1.165) is 0 Å². The number of fused-ring (bicyclic) bond motifs is 3. The van der Waals surface area contributed by atoms with Gasteiger partial charge in [0.15, 0.2) is 0 Å². The van der Waals surface area contributed by atoms with E-state index in [4.69, 9.17) is 0 Å². The average molecular weight is 431 g/mol. The summed E-state index contributed by atoms with van der Waals surface area (Å²) < 4.78 is 0. The number of hydrogen-bond donors (Lipinski definition) is 0. The summed E-state index contributed by atoms with van der Waals surface area (Å²) in [7, 11) is 0. The third kappa shape index (κ3) is 2.78. The molecule has 0 unspecified atom stereocenters. The first-order valence-corrected chi connectivity index (χ1v) is 4.90. The average Bonchev–Trinajstić information content (AvgIpc) is 2.59. The Balaban J connectivity index is 0.000000853.